The maximum absolute atomic E-state index is 13.0. The van der Waals surface area contributed by atoms with Gasteiger partial charge in [-0.15, -0.1) is 0 Å². The summed E-state index contributed by atoms with van der Waals surface area (Å²) < 4.78 is 27.4. The van der Waals surface area contributed by atoms with Gasteiger partial charge in [0.2, 0.25) is 15.9 Å². The van der Waals surface area contributed by atoms with E-state index in [-0.39, 0.29) is 16.7 Å². The van der Waals surface area contributed by atoms with E-state index in [2.05, 4.69) is 34.0 Å². The molecule has 1 aliphatic heterocycles. The molecule has 0 saturated carbocycles. The lowest BCUT2D eigenvalue weighted by atomic mass is 10.2. The number of piperazine rings is 1. The molecule has 3 rings (SSSR count). The number of rotatable bonds is 5. The average Bonchev–Trinajstić information content (AvgIpc) is 2.67. The minimum Gasteiger partial charge on any atom is -0.354 e. The van der Waals surface area contributed by atoms with Crippen LogP contribution in [0.1, 0.15) is 38.2 Å². The number of aryl methyl sites for hydroxylation is 1. The van der Waals surface area contributed by atoms with Crippen LogP contribution in [0.2, 0.25) is 0 Å². The summed E-state index contributed by atoms with van der Waals surface area (Å²) >= 11 is 0. The predicted octanol–water partition coefficient (Wildman–Crippen LogP) is 2.38. The number of hydrogen-bond acceptors (Lipinski definition) is 6. The smallest absolute Gasteiger partial charge is 0.243 e. The summed E-state index contributed by atoms with van der Waals surface area (Å²) in [4.78, 5) is 22.6. The van der Waals surface area contributed by atoms with Crippen LogP contribution in [0.15, 0.2) is 35.2 Å². The first-order valence-electron chi connectivity index (χ1n) is 9.65. The SMILES string of the molecule is CC(=O)Nc1ccc(S(=O)(=O)N2CCN(c3cc(C)nc(C(C)C)n3)CC2)cc1. The Morgan fingerprint density at radius 3 is 2.24 bits per heavy atom. The number of benzene rings is 1. The maximum Gasteiger partial charge on any atom is 0.243 e. The highest BCUT2D eigenvalue weighted by Gasteiger charge is 2.29. The van der Waals surface area contributed by atoms with Crippen LogP contribution in [-0.4, -0.2) is 54.8 Å². The first-order chi connectivity index (χ1) is 13.7. The number of carbonyl (C=O) groups is 1. The number of nitrogens with zero attached hydrogens (tertiary/aromatic N) is 4. The zero-order chi connectivity index (χ0) is 21.2. The standard InChI is InChI=1S/C20H27N5O3S/c1-14(2)20-21-15(3)13-19(23-20)24-9-11-25(12-10-24)29(27,28)18-7-5-17(6-8-18)22-16(4)26/h5-8,13-14H,9-12H2,1-4H3,(H,22,26). The van der Waals surface area contributed by atoms with Crippen LogP contribution in [0.5, 0.6) is 0 Å². The largest absolute Gasteiger partial charge is 0.354 e. The summed E-state index contributed by atoms with van der Waals surface area (Å²) in [6, 6.07) is 8.19. The third-order valence-electron chi connectivity index (χ3n) is 4.75. The molecule has 0 spiro atoms. The molecule has 1 aliphatic rings. The van der Waals surface area contributed by atoms with Crippen molar-refractivity contribution in [2.75, 3.05) is 36.4 Å². The van der Waals surface area contributed by atoms with Gasteiger partial charge in [-0.25, -0.2) is 18.4 Å². The molecule has 0 bridgehead atoms. The van der Waals surface area contributed by atoms with Gasteiger partial charge in [-0.2, -0.15) is 4.31 Å². The summed E-state index contributed by atoms with van der Waals surface area (Å²) in [5, 5.41) is 2.64. The number of amides is 1. The molecule has 2 heterocycles. The van der Waals surface area contributed by atoms with Gasteiger partial charge in [-0.05, 0) is 31.2 Å². The zero-order valence-electron chi connectivity index (χ0n) is 17.2. The van der Waals surface area contributed by atoms with Crippen molar-refractivity contribution in [2.24, 2.45) is 0 Å². The normalized spacial score (nSPS) is 15.6. The van der Waals surface area contributed by atoms with Gasteiger partial charge in [0.05, 0.1) is 4.90 Å². The molecule has 0 radical (unpaired) electrons. The molecule has 1 fully saturated rings. The summed E-state index contributed by atoms with van der Waals surface area (Å²) in [5.41, 5.74) is 1.48. The Kier molecular flexibility index (Phi) is 6.18. The van der Waals surface area contributed by atoms with Crippen molar-refractivity contribution in [3.05, 3.63) is 41.9 Å². The second kappa shape index (κ2) is 8.46. The van der Waals surface area contributed by atoms with Gasteiger partial charge < -0.3 is 10.2 Å². The van der Waals surface area contributed by atoms with E-state index in [4.69, 9.17) is 0 Å². The Hall–Kier alpha value is -2.52. The Morgan fingerprint density at radius 1 is 1.07 bits per heavy atom. The number of carbonyl (C=O) groups excluding carboxylic acids is 1. The van der Waals surface area contributed by atoms with Crippen LogP contribution in [-0.2, 0) is 14.8 Å². The third-order valence-corrected chi connectivity index (χ3v) is 6.66. The molecule has 1 aromatic carbocycles. The second-order valence-electron chi connectivity index (χ2n) is 7.48. The molecule has 1 N–H and O–H groups in total. The van der Waals surface area contributed by atoms with Crippen LogP contribution in [0, 0.1) is 6.92 Å². The Balaban J connectivity index is 1.70. The van der Waals surface area contributed by atoms with Gasteiger partial charge in [0.25, 0.3) is 0 Å². The first kappa shape index (κ1) is 21.2. The van der Waals surface area contributed by atoms with Crippen molar-refractivity contribution in [2.45, 2.75) is 38.5 Å². The molecule has 156 valence electrons. The fraction of sp³-hybridized carbons (Fsp3) is 0.450. The molecule has 8 nitrogen and oxygen atoms in total. The quantitative estimate of drug-likeness (QED) is 0.803. The number of hydrogen-bond donors (Lipinski definition) is 1. The number of anilines is 2. The Labute approximate surface area is 172 Å². The van der Waals surface area contributed by atoms with Gasteiger partial charge in [0.1, 0.15) is 11.6 Å². The van der Waals surface area contributed by atoms with E-state index < -0.39 is 10.0 Å². The minimum absolute atomic E-state index is 0.197. The molecule has 29 heavy (non-hydrogen) atoms. The van der Waals surface area contributed by atoms with Crippen LogP contribution in [0.3, 0.4) is 0 Å². The van der Waals surface area contributed by atoms with Gasteiger partial charge in [-0.1, -0.05) is 13.8 Å². The van der Waals surface area contributed by atoms with Crippen LogP contribution < -0.4 is 10.2 Å². The lowest BCUT2D eigenvalue weighted by Gasteiger charge is -2.35. The highest BCUT2D eigenvalue weighted by atomic mass is 32.2. The van der Waals surface area contributed by atoms with Gasteiger partial charge in [0, 0.05) is 56.5 Å². The van der Waals surface area contributed by atoms with Crippen molar-refractivity contribution in [1.82, 2.24) is 14.3 Å². The van der Waals surface area contributed by atoms with Crippen molar-refractivity contribution in [1.29, 1.82) is 0 Å². The zero-order valence-corrected chi connectivity index (χ0v) is 18.0. The first-order valence-corrected chi connectivity index (χ1v) is 11.1. The van der Waals surface area contributed by atoms with Crippen LogP contribution in [0.25, 0.3) is 0 Å². The van der Waals surface area contributed by atoms with Crippen LogP contribution >= 0.6 is 0 Å². The lowest BCUT2D eigenvalue weighted by molar-refractivity contribution is -0.114. The van der Waals surface area contributed by atoms with Gasteiger partial charge in [-0.3, -0.25) is 4.79 Å². The molecule has 0 unspecified atom stereocenters. The summed E-state index contributed by atoms with van der Waals surface area (Å²) in [6.07, 6.45) is 0. The minimum atomic E-state index is -3.58. The van der Waals surface area contributed by atoms with Crippen molar-refractivity contribution < 1.29 is 13.2 Å². The summed E-state index contributed by atoms with van der Waals surface area (Å²) in [5.74, 6) is 1.68. The highest BCUT2D eigenvalue weighted by molar-refractivity contribution is 7.89. The van der Waals surface area contributed by atoms with E-state index in [0.717, 1.165) is 17.3 Å². The van der Waals surface area contributed by atoms with Crippen molar-refractivity contribution >= 4 is 27.4 Å². The summed E-state index contributed by atoms with van der Waals surface area (Å²) in [6.45, 7) is 9.37. The van der Waals surface area contributed by atoms with Crippen LogP contribution in [0.4, 0.5) is 11.5 Å². The Bertz CT molecular complexity index is 982. The molecule has 0 atom stereocenters. The topological polar surface area (TPSA) is 95.5 Å². The van der Waals surface area contributed by atoms with E-state index in [1.54, 1.807) is 12.1 Å². The van der Waals surface area contributed by atoms with Crippen molar-refractivity contribution in [3.8, 4) is 0 Å². The fourth-order valence-electron chi connectivity index (χ4n) is 3.21. The third kappa shape index (κ3) is 4.91. The van der Waals surface area contributed by atoms with Gasteiger partial charge in [0.15, 0.2) is 0 Å². The molecule has 1 saturated heterocycles. The highest BCUT2D eigenvalue weighted by Crippen LogP contribution is 2.23. The molecular weight excluding hydrogens is 390 g/mol. The Morgan fingerprint density at radius 2 is 1.69 bits per heavy atom. The monoisotopic (exact) mass is 417 g/mol. The lowest BCUT2D eigenvalue weighted by Crippen LogP contribution is -2.49. The number of aromatic nitrogens is 2. The molecule has 9 heteroatoms. The van der Waals surface area contributed by atoms with E-state index in [1.165, 1.54) is 23.4 Å². The number of sulfonamides is 1. The summed E-state index contributed by atoms with van der Waals surface area (Å²) in [7, 11) is -3.58. The molecular formula is C20H27N5O3S. The molecule has 2 aromatic rings. The predicted molar refractivity (Wildman–Crippen MR) is 113 cm³/mol. The van der Waals surface area contributed by atoms with Crippen molar-refractivity contribution in [3.63, 3.8) is 0 Å². The molecule has 1 amide bonds. The average molecular weight is 418 g/mol. The van der Waals surface area contributed by atoms with E-state index in [1.807, 2.05) is 13.0 Å². The fourth-order valence-corrected chi connectivity index (χ4v) is 4.64. The van der Waals surface area contributed by atoms with E-state index >= 15 is 0 Å². The maximum atomic E-state index is 13.0. The van der Waals surface area contributed by atoms with E-state index in [0.29, 0.717) is 31.9 Å². The number of nitrogens with one attached hydrogen (secondary N) is 1. The molecule has 1 aromatic heterocycles. The van der Waals surface area contributed by atoms with Gasteiger partial charge >= 0.3 is 0 Å². The van der Waals surface area contributed by atoms with E-state index in [9.17, 15) is 13.2 Å². The molecule has 0 aliphatic carbocycles. The second-order valence-corrected chi connectivity index (χ2v) is 9.42.